The van der Waals surface area contributed by atoms with Gasteiger partial charge in [0, 0.05) is 24.3 Å². The predicted octanol–water partition coefficient (Wildman–Crippen LogP) is 13.2. The highest BCUT2D eigenvalue weighted by molar-refractivity contribution is 5.70. The van der Waals surface area contributed by atoms with Crippen LogP contribution < -0.4 is 0 Å². The first-order valence-electron chi connectivity index (χ1n) is 34.2. The highest BCUT2D eigenvalue weighted by Crippen LogP contribution is 2.14. The molecule has 0 atom stereocenters. The monoisotopic (exact) mass is 1260 g/mol. The fourth-order valence-electron chi connectivity index (χ4n) is 8.50. The average molecular weight is 1260 g/mol. The molecule has 0 spiro atoms. The van der Waals surface area contributed by atoms with Gasteiger partial charge in [0.05, 0.1) is 171 Å². The normalized spacial score (nSPS) is 11.6. The number of allylic oxidation sites excluding steroid dienone is 4. The molecule has 0 saturated heterocycles. The standard InChI is InChI=1S/C67H125N3O18/c1-3-5-7-9-11-13-15-17-19-21-23-25-27-29-31-33-65(71)86-61-64(62-87-66(72)34-32-30-28-26-24-22-20-18-16-14-12-10-8-6-4-2)63-88-67(73)35-37-74-39-41-76-43-45-78-47-49-80-51-53-82-55-57-84-59-60-85-58-56-83-54-52-81-50-48-79-46-44-77-42-40-75-38-36-69-70-68/h17-20,64H,3-16,21-63H2,1-2H3/b19-17-,20-18-. The van der Waals surface area contributed by atoms with Crippen molar-refractivity contribution in [2.24, 2.45) is 11.0 Å². The third kappa shape index (κ3) is 73.5. The lowest BCUT2D eigenvalue weighted by atomic mass is 10.1. The zero-order valence-electron chi connectivity index (χ0n) is 55.4. The van der Waals surface area contributed by atoms with Crippen LogP contribution in [0.3, 0.4) is 0 Å². The lowest BCUT2D eigenvalue weighted by Gasteiger charge is -2.17. The van der Waals surface area contributed by atoms with E-state index in [4.69, 9.17) is 76.6 Å². The molecule has 0 amide bonds. The number of carbonyl (C=O) groups excluding carboxylic acids is 3. The molecular weight excluding hydrogens is 1130 g/mol. The molecule has 0 heterocycles. The number of esters is 3. The number of rotatable bonds is 75. The van der Waals surface area contributed by atoms with Crippen molar-refractivity contribution in [2.75, 3.05) is 185 Å². The molecule has 0 aliphatic rings. The van der Waals surface area contributed by atoms with Crippen molar-refractivity contribution in [1.82, 2.24) is 0 Å². The van der Waals surface area contributed by atoms with Crippen molar-refractivity contribution in [3.63, 3.8) is 0 Å². The second-order valence-electron chi connectivity index (χ2n) is 21.6. The first-order chi connectivity index (χ1) is 43.5. The lowest BCUT2D eigenvalue weighted by Crippen LogP contribution is -2.26. The Morgan fingerprint density at radius 1 is 0.307 bits per heavy atom. The Morgan fingerprint density at radius 3 is 0.807 bits per heavy atom. The molecule has 0 aromatic rings. The van der Waals surface area contributed by atoms with Crippen LogP contribution in [0.5, 0.6) is 0 Å². The highest BCUT2D eigenvalue weighted by atomic mass is 16.6. The molecule has 21 heteroatoms. The van der Waals surface area contributed by atoms with Crippen LogP contribution in [-0.2, 0) is 85.4 Å². The van der Waals surface area contributed by atoms with Gasteiger partial charge < -0.3 is 71.1 Å². The summed E-state index contributed by atoms with van der Waals surface area (Å²) in [4.78, 5) is 40.7. The summed E-state index contributed by atoms with van der Waals surface area (Å²) >= 11 is 0. The first-order valence-corrected chi connectivity index (χ1v) is 34.2. The second kappa shape index (κ2) is 76.2. The van der Waals surface area contributed by atoms with Gasteiger partial charge in [0.2, 0.25) is 0 Å². The smallest absolute Gasteiger partial charge is 0.308 e. The van der Waals surface area contributed by atoms with Gasteiger partial charge in [0.1, 0.15) is 19.8 Å². The first kappa shape index (κ1) is 84.7. The number of ether oxygens (including phenoxy) is 15. The van der Waals surface area contributed by atoms with Crippen LogP contribution in [0.2, 0.25) is 0 Å². The predicted molar refractivity (Wildman–Crippen MR) is 344 cm³/mol. The highest BCUT2D eigenvalue weighted by Gasteiger charge is 2.18. The minimum atomic E-state index is -0.469. The number of unbranched alkanes of at least 4 members (excludes halogenated alkanes) is 22. The van der Waals surface area contributed by atoms with Gasteiger partial charge in [0.25, 0.3) is 0 Å². The minimum Gasteiger partial charge on any atom is -0.465 e. The maximum absolute atomic E-state index is 12.7. The Balaban J connectivity index is 4.01. The molecule has 0 aliphatic carbocycles. The Labute approximate surface area is 532 Å². The summed E-state index contributed by atoms with van der Waals surface area (Å²) in [5.41, 5.74) is 8.19. The van der Waals surface area contributed by atoms with Crippen molar-refractivity contribution in [2.45, 2.75) is 200 Å². The van der Waals surface area contributed by atoms with Gasteiger partial charge >= 0.3 is 17.9 Å². The number of nitrogens with zero attached hydrogens (tertiary/aromatic N) is 3. The Bertz CT molecular complexity index is 1500. The Morgan fingerprint density at radius 2 is 0.534 bits per heavy atom. The van der Waals surface area contributed by atoms with Gasteiger partial charge in [-0.1, -0.05) is 146 Å². The van der Waals surface area contributed by atoms with Crippen molar-refractivity contribution in [1.29, 1.82) is 0 Å². The van der Waals surface area contributed by atoms with E-state index in [1.54, 1.807) is 0 Å². The molecule has 0 fully saturated rings. The zero-order chi connectivity index (χ0) is 63.5. The zero-order valence-corrected chi connectivity index (χ0v) is 55.4. The maximum atomic E-state index is 12.7. The molecule has 88 heavy (non-hydrogen) atoms. The van der Waals surface area contributed by atoms with E-state index in [1.165, 1.54) is 103 Å². The second-order valence-corrected chi connectivity index (χ2v) is 21.6. The van der Waals surface area contributed by atoms with E-state index >= 15 is 0 Å². The van der Waals surface area contributed by atoms with E-state index in [-0.39, 0.29) is 44.8 Å². The quantitative estimate of drug-likeness (QED) is 0.0105. The summed E-state index contributed by atoms with van der Waals surface area (Å²) in [7, 11) is 0. The van der Waals surface area contributed by atoms with Crippen molar-refractivity contribution >= 4 is 17.9 Å². The van der Waals surface area contributed by atoms with E-state index in [1.807, 2.05) is 0 Å². The van der Waals surface area contributed by atoms with Crippen LogP contribution in [0.15, 0.2) is 29.4 Å². The average Bonchev–Trinajstić information content (AvgIpc) is 3.57. The van der Waals surface area contributed by atoms with E-state index in [0.717, 1.165) is 64.2 Å². The number of hydrogen-bond donors (Lipinski definition) is 0. The van der Waals surface area contributed by atoms with E-state index < -0.39 is 11.9 Å². The summed E-state index contributed by atoms with van der Waals surface area (Å²) in [5, 5.41) is 3.38. The van der Waals surface area contributed by atoms with Crippen LogP contribution in [0, 0.1) is 5.92 Å². The molecule has 0 N–H and O–H groups in total. The van der Waals surface area contributed by atoms with Gasteiger partial charge in [-0.3, -0.25) is 14.4 Å². The molecule has 0 bridgehead atoms. The third-order valence-corrected chi connectivity index (χ3v) is 13.7. The number of azide groups is 1. The Kier molecular flexibility index (Phi) is 73.3. The molecule has 0 radical (unpaired) electrons. The molecule has 516 valence electrons. The van der Waals surface area contributed by atoms with Crippen molar-refractivity contribution in [3.8, 4) is 0 Å². The van der Waals surface area contributed by atoms with E-state index in [0.29, 0.717) is 171 Å². The fourth-order valence-corrected chi connectivity index (χ4v) is 8.50. The molecular formula is C67H125N3O18. The summed E-state index contributed by atoms with van der Waals surface area (Å²) in [5.74, 6) is -1.50. The maximum Gasteiger partial charge on any atom is 0.308 e. The van der Waals surface area contributed by atoms with Gasteiger partial charge in [0.15, 0.2) is 0 Å². The molecule has 0 aromatic carbocycles. The lowest BCUT2D eigenvalue weighted by molar-refractivity contribution is -0.154. The van der Waals surface area contributed by atoms with Crippen LogP contribution in [0.1, 0.15) is 200 Å². The molecule has 0 saturated carbocycles. The summed E-state index contributed by atoms with van der Waals surface area (Å²) in [6, 6.07) is 0. The molecule has 0 aromatic heterocycles. The number of carbonyl (C=O) groups is 3. The van der Waals surface area contributed by atoms with Crippen LogP contribution in [0.4, 0.5) is 0 Å². The molecule has 0 unspecified atom stereocenters. The summed E-state index contributed by atoms with van der Waals surface area (Å²) in [6.45, 7) is 15.1. The molecule has 0 aliphatic heterocycles. The topological polar surface area (TPSA) is 238 Å². The minimum absolute atomic E-state index is 0.00629. The van der Waals surface area contributed by atoms with Gasteiger partial charge in [-0.2, -0.15) is 0 Å². The van der Waals surface area contributed by atoms with E-state index in [9.17, 15) is 14.4 Å². The Hall–Kier alpha value is -3.28. The summed E-state index contributed by atoms with van der Waals surface area (Å²) in [6.07, 6.45) is 40.8. The van der Waals surface area contributed by atoms with E-state index in [2.05, 4.69) is 48.2 Å². The van der Waals surface area contributed by atoms with Crippen molar-refractivity contribution < 1.29 is 85.4 Å². The number of hydrogen-bond acceptors (Lipinski definition) is 19. The van der Waals surface area contributed by atoms with Gasteiger partial charge in [-0.05, 0) is 69.7 Å². The van der Waals surface area contributed by atoms with Crippen LogP contribution >= 0.6 is 0 Å². The molecule has 21 nitrogen and oxygen atoms in total. The summed E-state index contributed by atoms with van der Waals surface area (Å²) < 4.78 is 82.6. The fraction of sp³-hybridized carbons (Fsp3) is 0.896. The SMILES string of the molecule is CCCCCCCC/C=C\CCCCCCCC(=O)OCC(COC(=O)CCCCCCC/C=C\CCCCCCCC)COC(=O)CCOCCOCCOCCOCCOCCOCCOCCOCCOCCOCCOCCOCCN=[N+]=[N-]. The van der Waals surface area contributed by atoms with Crippen molar-refractivity contribution in [3.05, 3.63) is 34.7 Å². The van der Waals surface area contributed by atoms with Gasteiger partial charge in [-0.15, -0.1) is 0 Å². The molecule has 0 rings (SSSR count). The van der Waals surface area contributed by atoms with Crippen LogP contribution in [0.25, 0.3) is 10.4 Å². The third-order valence-electron chi connectivity index (χ3n) is 13.7. The largest absolute Gasteiger partial charge is 0.465 e. The van der Waals surface area contributed by atoms with Crippen LogP contribution in [-0.4, -0.2) is 203 Å². The van der Waals surface area contributed by atoms with Gasteiger partial charge in [-0.25, -0.2) is 0 Å².